The number of H-pyrrole nitrogens is 1. The van der Waals surface area contributed by atoms with Gasteiger partial charge in [-0.3, -0.25) is 4.79 Å². The Bertz CT molecular complexity index is 899. The lowest BCUT2D eigenvalue weighted by Gasteiger charge is -2.02. The Morgan fingerprint density at radius 3 is 2.80 bits per heavy atom. The minimum absolute atomic E-state index is 0.159. The monoisotopic (exact) mass is 357 g/mol. The molecular formula is C17H15N3O4S. The smallest absolute Gasteiger partial charge is 0.354 e. The predicted molar refractivity (Wildman–Crippen MR) is 93.7 cm³/mol. The number of rotatable bonds is 5. The Labute approximate surface area is 147 Å². The van der Waals surface area contributed by atoms with Crippen LogP contribution in [0.4, 0.5) is 5.13 Å². The number of phenolic OH excluding ortho intramolecular Hbond substituents is 1. The lowest BCUT2D eigenvalue weighted by molar-refractivity contribution is -0.115. The highest BCUT2D eigenvalue weighted by Gasteiger charge is 2.13. The molecule has 7 nitrogen and oxygen atoms in total. The minimum atomic E-state index is -0.455. The Morgan fingerprint density at radius 1 is 1.32 bits per heavy atom. The van der Waals surface area contributed by atoms with Gasteiger partial charge >= 0.3 is 5.97 Å². The van der Waals surface area contributed by atoms with Crippen LogP contribution in [0.1, 0.15) is 16.1 Å². The van der Waals surface area contributed by atoms with Crippen molar-refractivity contribution in [1.82, 2.24) is 9.97 Å². The molecule has 3 rings (SSSR count). The fourth-order valence-corrected chi connectivity index (χ4v) is 2.93. The van der Waals surface area contributed by atoms with Gasteiger partial charge in [0.25, 0.3) is 0 Å². The molecule has 1 aromatic carbocycles. The number of phenols is 1. The van der Waals surface area contributed by atoms with E-state index in [1.54, 1.807) is 29.8 Å². The van der Waals surface area contributed by atoms with Gasteiger partial charge in [-0.15, -0.1) is 11.3 Å². The van der Waals surface area contributed by atoms with Crippen LogP contribution in [0.3, 0.4) is 0 Å². The molecule has 0 fully saturated rings. The third-order valence-electron chi connectivity index (χ3n) is 3.44. The zero-order valence-electron chi connectivity index (χ0n) is 13.3. The number of nitrogens with one attached hydrogen (secondary N) is 2. The number of amides is 1. The van der Waals surface area contributed by atoms with Crippen LogP contribution < -0.4 is 5.32 Å². The van der Waals surface area contributed by atoms with E-state index in [-0.39, 0.29) is 18.1 Å². The minimum Gasteiger partial charge on any atom is -0.508 e. The molecule has 3 N–H and O–H groups in total. The molecule has 0 aliphatic carbocycles. The Hall–Kier alpha value is -3.13. The van der Waals surface area contributed by atoms with Gasteiger partial charge in [-0.05, 0) is 23.8 Å². The maximum atomic E-state index is 12.1. The van der Waals surface area contributed by atoms with Crippen LogP contribution >= 0.6 is 11.3 Å². The highest BCUT2D eigenvalue weighted by molar-refractivity contribution is 7.14. The molecular weight excluding hydrogens is 342 g/mol. The van der Waals surface area contributed by atoms with Crippen molar-refractivity contribution in [2.75, 3.05) is 12.4 Å². The number of nitrogens with zero attached hydrogens (tertiary/aromatic N) is 1. The van der Waals surface area contributed by atoms with E-state index in [0.717, 1.165) is 11.1 Å². The number of aromatic amines is 1. The number of carbonyl (C=O) groups excluding carboxylic acids is 2. The molecule has 2 heterocycles. The second kappa shape index (κ2) is 7.18. The fraction of sp³-hybridized carbons (Fsp3) is 0.118. The van der Waals surface area contributed by atoms with Gasteiger partial charge in [0.2, 0.25) is 5.91 Å². The summed E-state index contributed by atoms with van der Waals surface area (Å²) in [6.07, 6.45) is 1.84. The average Bonchev–Trinajstić information content (AvgIpc) is 3.25. The van der Waals surface area contributed by atoms with E-state index in [1.165, 1.54) is 30.6 Å². The van der Waals surface area contributed by atoms with Gasteiger partial charge in [0.05, 0.1) is 19.2 Å². The maximum absolute atomic E-state index is 12.1. The molecule has 8 heteroatoms. The molecule has 0 unspecified atom stereocenters. The van der Waals surface area contributed by atoms with Crippen molar-refractivity contribution in [2.24, 2.45) is 0 Å². The van der Waals surface area contributed by atoms with Crippen molar-refractivity contribution in [2.45, 2.75) is 6.42 Å². The Balaban J connectivity index is 1.65. The summed E-state index contributed by atoms with van der Waals surface area (Å²) >= 11 is 1.30. The van der Waals surface area contributed by atoms with Crippen LogP contribution in [0.5, 0.6) is 5.75 Å². The first-order chi connectivity index (χ1) is 12.0. The SMILES string of the molecule is COC(=O)c1cc(-c2csc(NC(=O)Cc3ccc(O)cc3)n2)c[nH]1. The summed E-state index contributed by atoms with van der Waals surface area (Å²) in [6.45, 7) is 0. The summed E-state index contributed by atoms with van der Waals surface area (Å²) in [7, 11) is 1.31. The summed E-state index contributed by atoms with van der Waals surface area (Å²) in [5.74, 6) is -0.494. The molecule has 0 spiro atoms. The first kappa shape index (κ1) is 16.7. The number of hydrogen-bond donors (Lipinski definition) is 3. The lowest BCUT2D eigenvalue weighted by atomic mass is 10.1. The molecule has 0 radical (unpaired) electrons. The molecule has 128 valence electrons. The van der Waals surface area contributed by atoms with Gasteiger partial charge in [0, 0.05) is 17.1 Å². The van der Waals surface area contributed by atoms with Crippen LogP contribution in [-0.2, 0) is 16.0 Å². The quantitative estimate of drug-likeness (QED) is 0.609. The lowest BCUT2D eigenvalue weighted by Crippen LogP contribution is -2.14. The second-order valence-electron chi connectivity index (χ2n) is 5.22. The topological polar surface area (TPSA) is 104 Å². The standard InChI is InChI=1S/C17H15N3O4S/c1-24-16(23)13-7-11(8-18-13)14-9-25-17(19-14)20-15(22)6-10-2-4-12(21)5-3-10/h2-5,7-9,18,21H,6H2,1H3,(H,19,20,22). The van der Waals surface area contributed by atoms with Gasteiger partial charge in [-0.25, -0.2) is 9.78 Å². The maximum Gasteiger partial charge on any atom is 0.354 e. The molecule has 25 heavy (non-hydrogen) atoms. The normalized spacial score (nSPS) is 10.4. The number of methoxy groups -OCH3 is 1. The Morgan fingerprint density at radius 2 is 2.08 bits per heavy atom. The number of carbonyl (C=O) groups is 2. The first-order valence-corrected chi connectivity index (χ1v) is 8.23. The highest BCUT2D eigenvalue weighted by Crippen LogP contribution is 2.25. The molecule has 2 aromatic heterocycles. The number of esters is 1. The predicted octanol–water partition coefficient (Wildman–Crippen LogP) is 2.81. The van der Waals surface area contributed by atoms with Crippen LogP contribution in [0.2, 0.25) is 0 Å². The molecule has 0 saturated heterocycles. The molecule has 0 aliphatic heterocycles. The van der Waals surface area contributed by atoms with E-state index in [2.05, 4.69) is 20.0 Å². The van der Waals surface area contributed by atoms with E-state index in [1.807, 2.05) is 0 Å². The molecule has 0 bridgehead atoms. The molecule has 0 aliphatic rings. The number of aromatic hydroxyl groups is 1. The molecule has 0 atom stereocenters. The summed E-state index contributed by atoms with van der Waals surface area (Å²) in [5.41, 5.74) is 2.51. The summed E-state index contributed by atoms with van der Waals surface area (Å²) in [4.78, 5) is 30.7. The zero-order valence-corrected chi connectivity index (χ0v) is 14.1. The third kappa shape index (κ3) is 4.04. The van der Waals surface area contributed by atoms with Gasteiger partial charge < -0.3 is 20.1 Å². The molecule has 3 aromatic rings. The second-order valence-corrected chi connectivity index (χ2v) is 6.08. The largest absolute Gasteiger partial charge is 0.508 e. The van der Waals surface area contributed by atoms with Crippen molar-refractivity contribution in [3.8, 4) is 17.0 Å². The molecule has 0 saturated carbocycles. The number of anilines is 1. The van der Waals surface area contributed by atoms with E-state index < -0.39 is 5.97 Å². The van der Waals surface area contributed by atoms with Crippen molar-refractivity contribution < 1.29 is 19.4 Å². The van der Waals surface area contributed by atoms with Gasteiger partial charge in [0.15, 0.2) is 5.13 Å². The fourth-order valence-electron chi connectivity index (χ4n) is 2.20. The number of thiazole rings is 1. The summed E-state index contributed by atoms with van der Waals surface area (Å²) < 4.78 is 4.65. The van der Waals surface area contributed by atoms with Crippen molar-refractivity contribution in [3.63, 3.8) is 0 Å². The van der Waals surface area contributed by atoms with E-state index in [4.69, 9.17) is 0 Å². The third-order valence-corrected chi connectivity index (χ3v) is 4.19. The van der Waals surface area contributed by atoms with Crippen LogP contribution in [-0.4, -0.2) is 34.1 Å². The van der Waals surface area contributed by atoms with Crippen LogP contribution in [0, 0.1) is 0 Å². The number of ether oxygens (including phenoxy) is 1. The van der Waals surface area contributed by atoms with Crippen molar-refractivity contribution >= 4 is 28.3 Å². The van der Waals surface area contributed by atoms with Crippen molar-refractivity contribution in [3.05, 3.63) is 53.2 Å². The van der Waals surface area contributed by atoms with E-state index >= 15 is 0 Å². The Kier molecular flexibility index (Phi) is 4.80. The van der Waals surface area contributed by atoms with Gasteiger partial charge in [0.1, 0.15) is 11.4 Å². The summed E-state index contributed by atoms with van der Waals surface area (Å²) in [6, 6.07) is 8.10. The van der Waals surface area contributed by atoms with Crippen molar-refractivity contribution in [1.29, 1.82) is 0 Å². The van der Waals surface area contributed by atoms with E-state index in [0.29, 0.717) is 16.5 Å². The van der Waals surface area contributed by atoms with Gasteiger partial charge in [-0.2, -0.15) is 0 Å². The van der Waals surface area contributed by atoms with E-state index in [9.17, 15) is 14.7 Å². The number of hydrogen-bond acceptors (Lipinski definition) is 6. The van der Waals surface area contributed by atoms with Crippen LogP contribution in [0.25, 0.3) is 11.3 Å². The number of benzene rings is 1. The average molecular weight is 357 g/mol. The molecule has 1 amide bonds. The van der Waals surface area contributed by atoms with Crippen LogP contribution in [0.15, 0.2) is 41.9 Å². The summed E-state index contributed by atoms with van der Waals surface area (Å²) in [5, 5.41) is 14.3. The zero-order chi connectivity index (χ0) is 17.8. The first-order valence-electron chi connectivity index (χ1n) is 7.35. The van der Waals surface area contributed by atoms with Gasteiger partial charge in [-0.1, -0.05) is 12.1 Å². The highest BCUT2D eigenvalue weighted by atomic mass is 32.1. The number of aromatic nitrogens is 2.